The summed E-state index contributed by atoms with van der Waals surface area (Å²) in [5, 5.41) is 16.8. The van der Waals surface area contributed by atoms with Crippen LogP contribution in [0.4, 0.5) is 0 Å². The molecule has 5 heteroatoms. The Kier molecular flexibility index (Phi) is 4.96. The van der Waals surface area contributed by atoms with E-state index >= 15 is 0 Å². The number of amides is 1. The number of para-hydroxylation sites is 1. The van der Waals surface area contributed by atoms with Crippen LogP contribution in [0.3, 0.4) is 0 Å². The topological polar surface area (TPSA) is 70.6 Å². The summed E-state index contributed by atoms with van der Waals surface area (Å²) in [5.74, 6) is 0.247. The third kappa shape index (κ3) is 3.31. The molecule has 1 unspecified atom stereocenters. The lowest BCUT2D eigenvalue weighted by atomic mass is 9.93. The van der Waals surface area contributed by atoms with Crippen molar-refractivity contribution < 1.29 is 14.6 Å². The second-order valence-corrected chi connectivity index (χ2v) is 6.72. The number of hydrogen-bond acceptors (Lipinski definition) is 4. The molecule has 3 N–H and O–H groups in total. The molecule has 0 fully saturated rings. The summed E-state index contributed by atoms with van der Waals surface area (Å²) >= 11 is 0. The SMILES string of the molecule is CCNC(=O)C1=C(c2ccccc2)OC(c2ccccc2)(c2ccccc2O)N1. The molecule has 3 aromatic carbocycles. The number of benzene rings is 3. The molecule has 1 aliphatic heterocycles. The molecule has 146 valence electrons. The van der Waals surface area contributed by atoms with Crippen LogP contribution in [0.2, 0.25) is 0 Å². The van der Waals surface area contributed by atoms with E-state index in [-0.39, 0.29) is 11.7 Å². The molecule has 0 radical (unpaired) electrons. The fourth-order valence-electron chi connectivity index (χ4n) is 3.52. The van der Waals surface area contributed by atoms with Gasteiger partial charge in [-0.15, -0.1) is 0 Å². The Bertz CT molecular complexity index is 1050. The van der Waals surface area contributed by atoms with Crippen LogP contribution in [0.25, 0.3) is 5.76 Å². The Hall–Kier alpha value is -3.73. The number of phenolic OH excluding ortho intramolecular Hbond substituents is 1. The molecule has 0 spiro atoms. The lowest BCUT2D eigenvalue weighted by Crippen LogP contribution is -2.43. The molecule has 0 aliphatic carbocycles. The molecule has 0 saturated carbocycles. The molecule has 0 aromatic heterocycles. The van der Waals surface area contributed by atoms with E-state index in [1.807, 2.05) is 73.7 Å². The summed E-state index contributed by atoms with van der Waals surface area (Å²) in [6.45, 7) is 2.35. The maximum atomic E-state index is 12.9. The summed E-state index contributed by atoms with van der Waals surface area (Å²) < 4.78 is 6.52. The van der Waals surface area contributed by atoms with Crippen molar-refractivity contribution in [3.05, 3.63) is 107 Å². The van der Waals surface area contributed by atoms with Crippen molar-refractivity contribution in [2.45, 2.75) is 12.6 Å². The van der Waals surface area contributed by atoms with Gasteiger partial charge in [-0.05, 0) is 19.1 Å². The quantitative estimate of drug-likeness (QED) is 0.625. The zero-order chi connectivity index (χ0) is 20.3. The van der Waals surface area contributed by atoms with Crippen molar-refractivity contribution in [1.29, 1.82) is 0 Å². The fourth-order valence-corrected chi connectivity index (χ4v) is 3.52. The van der Waals surface area contributed by atoms with Gasteiger partial charge in [-0.3, -0.25) is 4.79 Å². The summed E-state index contributed by atoms with van der Waals surface area (Å²) in [5.41, 5.74) is 1.16. The van der Waals surface area contributed by atoms with Gasteiger partial charge in [-0.25, -0.2) is 0 Å². The molecule has 1 amide bonds. The number of hydrogen-bond donors (Lipinski definition) is 3. The average molecular weight is 386 g/mol. The van der Waals surface area contributed by atoms with Gasteiger partial charge in [0.2, 0.25) is 5.72 Å². The fraction of sp³-hybridized carbons (Fsp3) is 0.125. The first-order chi connectivity index (χ1) is 14.2. The zero-order valence-corrected chi connectivity index (χ0v) is 16.1. The molecule has 29 heavy (non-hydrogen) atoms. The predicted molar refractivity (Wildman–Crippen MR) is 112 cm³/mol. The van der Waals surface area contributed by atoms with E-state index in [4.69, 9.17) is 4.74 Å². The van der Waals surface area contributed by atoms with Crippen LogP contribution in [0.1, 0.15) is 23.6 Å². The smallest absolute Gasteiger partial charge is 0.271 e. The number of aromatic hydroxyl groups is 1. The number of carbonyl (C=O) groups excluding carboxylic acids is 1. The molecular formula is C24H22N2O3. The van der Waals surface area contributed by atoms with Gasteiger partial charge in [0.05, 0.1) is 5.56 Å². The standard InChI is InChI=1S/C24H22N2O3/c1-2-25-23(28)21-22(17-11-5-3-6-12-17)29-24(26-21,18-13-7-4-8-14-18)19-15-9-10-16-20(19)27/h3-16,26-27H,2H2,1H3,(H,25,28). The first-order valence-electron chi connectivity index (χ1n) is 9.55. The number of phenols is 1. The van der Waals surface area contributed by atoms with Gasteiger partial charge in [-0.1, -0.05) is 72.8 Å². The summed E-state index contributed by atoms with van der Waals surface area (Å²) in [6.07, 6.45) is 0. The van der Waals surface area contributed by atoms with Crippen molar-refractivity contribution in [1.82, 2.24) is 10.6 Å². The molecule has 0 bridgehead atoms. The monoisotopic (exact) mass is 386 g/mol. The van der Waals surface area contributed by atoms with Gasteiger partial charge in [0.15, 0.2) is 5.76 Å². The van der Waals surface area contributed by atoms with Crippen LogP contribution >= 0.6 is 0 Å². The third-order valence-corrected chi connectivity index (χ3v) is 4.85. The van der Waals surface area contributed by atoms with Crippen molar-refractivity contribution in [3.63, 3.8) is 0 Å². The zero-order valence-electron chi connectivity index (χ0n) is 16.1. The van der Waals surface area contributed by atoms with E-state index in [0.29, 0.717) is 23.6 Å². The number of nitrogens with one attached hydrogen (secondary N) is 2. The van der Waals surface area contributed by atoms with Crippen molar-refractivity contribution in [3.8, 4) is 5.75 Å². The normalized spacial score (nSPS) is 18.1. The Morgan fingerprint density at radius 3 is 2.24 bits per heavy atom. The lowest BCUT2D eigenvalue weighted by Gasteiger charge is -2.32. The maximum absolute atomic E-state index is 12.9. The van der Waals surface area contributed by atoms with Crippen LogP contribution < -0.4 is 10.6 Å². The minimum Gasteiger partial charge on any atom is -0.507 e. The van der Waals surface area contributed by atoms with Crippen LogP contribution in [-0.2, 0) is 15.3 Å². The van der Waals surface area contributed by atoms with Gasteiger partial charge in [0.25, 0.3) is 5.91 Å². The molecule has 5 nitrogen and oxygen atoms in total. The summed E-state index contributed by atoms with van der Waals surface area (Å²) in [7, 11) is 0. The van der Waals surface area contributed by atoms with E-state index in [9.17, 15) is 9.90 Å². The van der Waals surface area contributed by atoms with Crippen molar-refractivity contribution in [2.24, 2.45) is 0 Å². The average Bonchev–Trinajstić information content (AvgIpc) is 3.18. The highest BCUT2D eigenvalue weighted by Crippen LogP contribution is 2.45. The number of likely N-dealkylation sites (N-methyl/N-ethyl adjacent to an activating group) is 1. The van der Waals surface area contributed by atoms with Crippen molar-refractivity contribution >= 4 is 11.7 Å². The van der Waals surface area contributed by atoms with E-state index in [2.05, 4.69) is 10.6 Å². The van der Waals surface area contributed by atoms with E-state index < -0.39 is 5.72 Å². The van der Waals surface area contributed by atoms with Crippen LogP contribution in [0, 0.1) is 0 Å². The maximum Gasteiger partial charge on any atom is 0.271 e. The van der Waals surface area contributed by atoms with Gasteiger partial charge >= 0.3 is 0 Å². The Balaban J connectivity index is 1.91. The van der Waals surface area contributed by atoms with Gasteiger partial charge < -0.3 is 20.5 Å². The predicted octanol–water partition coefficient (Wildman–Crippen LogP) is 3.72. The highest BCUT2D eigenvalue weighted by Gasteiger charge is 2.47. The minimum absolute atomic E-state index is 0.0772. The largest absolute Gasteiger partial charge is 0.507 e. The van der Waals surface area contributed by atoms with Gasteiger partial charge in [0.1, 0.15) is 11.4 Å². The van der Waals surface area contributed by atoms with Crippen LogP contribution in [0.15, 0.2) is 90.6 Å². The number of ether oxygens (including phenoxy) is 1. The lowest BCUT2D eigenvalue weighted by molar-refractivity contribution is -0.117. The first-order valence-corrected chi connectivity index (χ1v) is 9.55. The number of rotatable bonds is 5. The van der Waals surface area contributed by atoms with Crippen LogP contribution in [0.5, 0.6) is 5.75 Å². The molecule has 1 atom stereocenters. The Morgan fingerprint density at radius 1 is 0.966 bits per heavy atom. The summed E-state index contributed by atoms with van der Waals surface area (Å²) in [4.78, 5) is 12.9. The second-order valence-electron chi connectivity index (χ2n) is 6.72. The molecule has 1 heterocycles. The van der Waals surface area contributed by atoms with Crippen molar-refractivity contribution in [2.75, 3.05) is 6.54 Å². The Labute approximate surface area is 169 Å². The third-order valence-electron chi connectivity index (χ3n) is 4.85. The van der Waals surface area contributed by atoms with Gasteiger partial charge in [0, 0.05) is 17.7 Å². The molecular weight excluding hydrogens is 364 g/mol. The highest BCUT2D eigenvalue weighted by atomic mass is 16.5. The highest BCUT2D eigenvalue weighted by molar-refractivity contribution is 6.00. The molecule has 4 rings (SSSR count). The van der Waals surface area contributed by atoms with E-state index in [0.717, 1.165) is 11.1 Å². The van der Waals surface area contributed by atoms with Gasteiger partial charge in [-0.2, -0.15) is 0 Å². The minimum atomic E-state index is -1.24. The van der Waals surface area contributed by atoms with Crippen LogP contribution in [-0.4, -0.2) is 17.6 Å². The Morgan fingerprint density at radius 2 is 1.59 bits per heavy atom. The molecule has 3 aromatic rings. The molecule has 1 aliphatic rings. The second kappa shape index (κ2) is 7.72. The molecule has 0 saturated heterocycles. The van der Waals surface area contributed by atoms with E-state index in [1.54, 1.807) is 18.2 Å². The number of carbonyl (C=O) groups is 1. The summed E-state index contributed by atoms with van der Waals surface area (Å²) in [6, 6.07) is 26.0. The van der Waals surface area contributed by atoms with E-state index in [1.165, 1.54) is 0 Å². The first kappa shape index (κ1) is 18.6.